The van der Waals surface area contributed by atoms with Crippen LogP contribution in [0.4, 0.5) is 0 Å². The van der Waals surface area contributed by atoms with Crippen molar-refractivity contribution in [1.29, 1.82) is 0 Å². The minimum atomic E-state index is 0.400. The van der Waals surface area contributed by atoms with E-state index in [9.17, 15) is 5.11 Å². The molecule has 1 aromatic carbocycles. The summed E-state index contributed by atoms with van der Waals surface area (Å²) in [5.41, 5.74) is 1.01. The fraction of sp³-hybridized carbons (Fsp3) is 0.625. The first-order valence-corrected chi connectivity index (χ1v) is 8.07. The normalized spacial score (nSPS) is 23.8. The number of hydrogen-bond acceptors (Lipinski definition) is 2. The third kappa shape index (κ3) is 3.96. The first-order valence-electron chi connectivity index (χ1n) is 7.27. The van der Waals surface area contributed by atoms with Crippen LogP contribution in [0.5, 0.6) is 5.75 Å². The summed E-state index contributed by atoms with van der Waals surface area (Å²) in [4.78, 5) is 2.40. The average molecular weight is 326 g/mol. The Labute approximate surface area is 124 Å². The lowest BCUT2D eigenvalue weighted by atomic mass is 9.84. The topological polar surface area (TPSA) is 23.5 Å². The summed E-state index contributed by atoms with van der Waals surface area (Å²) in [6, 6.07) is 6.33. The van der Waals surface area contributed by atoms with Crippen molar-refractivity contribution in [1.82, 2.24) is 4.90 Å². The van der Waals surface area contributed by atoms with E-state index in [-0.39, 0.29) is 0 Å². The van der Waals surface area contributed by atoms with Crippen LogP contribution in [0.2, 0.25) is 0 Å². The molecule has 2 nitrogen and oxygen atoms in total. The quantitative estimate of drug-likeness (QED) is 0.877. The van der Waals surface area contributed by atoms with Crippen LogP contribution in [0.25, 0.3) is 0 Å². The molecule has 3 heteroatoms. The number of phenolic OH excluding ortho intramolecular Hbond substituents is 1. The Morgan fingerprint density at radius 3 is 2.58 bits per heavy atom. The molecule has 0 unspecified atom stereocenters. The van der Waals surface area contributed by atoms with Crippen molar-refractivity contribution in [3.8, 4) is 5.75 Å². The summed E-state index contributed by atoms with van der Waals surface area (Å²) in [5.74, 6) is 1.33. The Bertz CT molecular complexity index is 413. The van der Waals surface area contributed by atoms with Gasteiger partial charge in [-0.2, -0.15) is 0 Å². The molecule has 0 radical (unpaired) electrons. The number of nitrogens with zero attached hydrogens (tertiary/aromatic N) is 1. The van der Waals surface area contributed by atoms with Crippen LogP contribution >= 0.6 is 15.9 Å². The van der Waals surface area contributed by atoms with Gasteiger partial charge in [0, 0.05) is 22.6 Å². The lowest BCUT2D eigenvalue weighted by Gasteiger charge is -2.34. The van der Waals surface area contributed by atoms with Crippen LogP contribution in [0.1, 0.15) is 44.6 Å². The minimum Gasteiger partial charge on any atom is -0.508 e. The highest BCUT2D eigenvalue weighted by molar-refractivity contribution is 9.10. The average Bonchev–Trinajstić information content (AvgIpc) is 2.43. The van der Waals surface area contributed by atoms with Crippen LogP contribution in [0, 0.1) is 5.92 Å². The third-order valence-corrected chi connectivity index (χ3v) is 4.97. The lowest BCUT2D eigenvalue weighted by molar-refractivity contribution is 0.156. The molecular weight excluding hydrogens is 302 g/mol. The van der Waals surface area contributed by atoms with Crippen molar-refractivity contribution in [2.45, 2.75) is 51.6 Å². The van der Waals surface area contributed by atoms with Crippen LogP contribution in [0.3, 0.4) is 0 Å². The molecule has 1 fully saturated rings. The molecule has 0 amide bonds. The Morgan fingerprint density at radius 2 is 1.95 bits per heavy atom. The van der Waals surface area contributed by atoms with E-state index in [0.29, 0.717) is 11.8 Å². The monoisotopic (exact) mass is 325 g/mol. The summed E-state index contributed by atoms with van der Waals surface area (Å²) in [6.07, 6.45) is 6.63. The highest BCUT2D eigenvalue weighted by Crippen LogP contribution is 2.30. The molecule has 1 saturated carbocycles. The molecule has 19 heavy (non-hydrogen) atoms. The van der Waals surface area contributed by atoms with Crippen LogP contribution in [0.15, 0.2) is 22.7 Å². The summed E-state index contributed by atoms with van der Waals surface area (Å²) in [6.45, 7) is 3.13. The zero-order valence-corrected chi connectivity index (χ0v) is 13.5. The third-order valence-electron chi connectivity index (χ3n) is 4.48. The van der Waals surface area contributed by atoms with Gasteiger partial charge in [0.25, 0.3) is 0 Å². The van der Waals surface area contributed by atoms with Gasteiger partial charge in [-0.1, -0.05) is 29.3 Å². The van der Waals surface area contributed by atoms with E-state index in [1.165, 1.54) is 32.1 Å². The second-order valence-electron chi connectivity index (χ2n) is 5.77. The van der Waals surface area contributed by atoms with Gasteiger partial charge in [0.05, 0.1) is 0 Å². The summed E-state index contributed by atoms with van der Waals surface area (Å²) in [5, 5.41) is 9.91. The van der Waals surface area contributed by atoms with Crippen molar-refractivity contribution < 1.29 is 5.11 Å². The first kappa shape index (κ1) is 14.9. The van der Waals surface area contributed by atoms with Crippen molar-refractivity contribution in [2.75, 3.05) is 7.05 Å². The Kier molecular flexibility index (Phi) is 5.28. The van der Waals surface area contributed by atoms with Crippen molar-refractivity contribution in [2.24, 2.45) is 5.92 Å². The van der Waals surface area contributed by atoms with Gasteiger partial charge in [0.1, 0.15) is 5.75 Å². The van der Waals surface area contributed by atoms with Gasteiger partial charge in [-0.15, -0.1) is 0 Å². The fourth-order valence-electron chi connectivity index (χ4n) is 3.07. The molecule has 1 aliphatic rings. The summed E-state index contributed by atoms with van der Waals surface area (Å²) in [7, 11) is 2.18. The second kappa shape index (κ2) is 6.76. The summed E-state index contributed by atoms with van der Waals surface area (Å²) >= 11 is 3.47. The molecule has 0 aromatic heterocycles. The lowest BCUT2D eigenvalue weighted by Crippen LogP contribution is -2.34. The smallest absolute Gasteiger partial charge is 0.120 e. The van der Waals surface area contributed by atoms with Crippen LogP contribution in [-0.2, 0) is 6.54 Å². The van der Waals surface area contributed by atoms with E-state index >= 15 is 0 Å². The molecule has 2 rings (SSSR count). The van der Waals surface area contributed by atoms with E-state index in [4.69, 9.17) is 0 Å². The fourth-order valence-corrected chi connectivity index (χ4v) is 3.48. The standard InChI is InChI=1S/C16H24BrNO/c1-3-12-4-7-15(8-5-12)18(2)11-13-10-14(17)6-9-16(13)19/h6,9-10,12,15,19H,3-5,7-8,11H2,1-2H3. The minimum absolute atomic E-state index is 0.400. The molecule has 0 saturated heterocycles. The Hall–Kier alpha value is -0.540. The number of hydrogen-bond donors (Lipinski definition) is 1. The maximum atomic E-state index is 9.91. The number of phenols is 1. The highest BCUT2D eigenvalue weighted by Gasteiger charge is 2.23. The van der Waals surface area contributed by atoms with Crippen LogP contribution < -0.4 is 0 Å². The van der Waals surface area contributed by atoms with Gasteiger partial charge < -0.3 is 5.11 Å². The van der Waals surface area contributed by atoms with E-state index < -0.39 is 0 Å². The zero-order chi connectivity index (χ0) is 13.8. The van der Waals surface area contributed by atoms with E-state index in [2.05, 4.69) is 34.8 Å². The predicted molar refractivity (Wildman–Crippen MR) is 83.3 cm³/mol. The molecule has 1 N–H and O–H groups in total. The van der Waals surface area contributed by atoms with Crippen molar-refractivity contribution in [3.63, 3.8) is 0 Å². The molecule has 106 valence electrons. The van der Waals surface area contributed by atoms with Gasteiger partial charge in [0.15, 0.2) is 0 Å². The van der Waals surface area contributed by atoms with E-state index in [1.807, 2.05) is 12.1 Å². The molecule has 1 aromatic rings. The number of aromatic hydroxyl groups is 1. The largest absolute Gasteiger partial charge is 0.508 e. The van der Waals surface area contributed by atoms with Crippen molar-refractivity contribution >= 4 is 15.9 Å². The molecule has 0 spiro atoms. The van der Waals surface area contributed by atoms with Gasteiger partial charge in [-0.05, 0) is 56.8 Å². The molecule has 0 atom stereocenters. The molecular formula is C16H24BrNO. The molecule has 0 heterocycles. The zero-order valence-electron chi connectivity index (χ0n) is 11.9. The maximum Gasteiger partial charge on any atom is 0.120 e. The maximum absolute atomic E-state index is 9.91. The number of rotatable bonds is 4. The van der Waals surface area contributed by atoms with Gasteiger partial charge >= 0.3 is 0 Å². The van der Waals surface area contributed by atoms with E-state index in [0.717, 1.165) is 22.5 Å². The Balaban J connectivity index is 1.94. The molecule has 0 bridgehead atoms. The van der Waals surface area contributed by atoms with Gasteiger partial charge in [-0.25, -0.2) is 0 Å². The molecule has 0 aliphatic heterocycles. The Morgan fingerprint density at radius 1 is 1.26 bits per heavy atom. The van der Waals surface area contributed by atoms with Crippen molar-refractivity contribution in [3.05, 3.63) is 28.2 Å². The second-order valence-corrected chi connectivity index (χ2v) is 6.69. The first-order chi connectivity index (χ1) is 9.10. The summed E-state index contributed by atoms with van der Waals surface area (Å²) < 4.78 is 1.03. The van der Waals surface area contributed by atoms with Crippen LogP contribution in [-0.4, -0.2) is 23.1 Å². The SMILES string of the molecule is CCC1CCC(N(C)Cc2cc(Br)ccc2O)CC1. The number of benzene rings is 1. The highest BCUT2D eigenvalue weighted by atomic mass is 79.9. The predicted octanol–water partition coefficient (Wildman–Crippen LogP) is 4.56. The van der Waals surface area contributed by atoms with E-state index in [1.54, 1.807) is 6.07 Å². The number of halogens is 1. The molecule has 1 aliphatic carbocycles. The van der Waals surface area contributed by atoms with Gasteiger partial charge in [-0.3, -0.25) is 4.90 Å². The van der Waals surface area contributed by atoms with Gasteiger partial charge in [0.2, 0.25) is 0 Å².